The van der Waals surface area contributed by atoms with E-state index >= 15 is 0 Å². The predicted octanol–water partition coefficient (Wildman–Crippen LogP) is 1.09. The zero-order valence-electron chi connectivity index (χ0n) is 14.1. The van der Waals surface area contributed by atoms with Crippen molar-refractivity contribution < 1.29 is 14.4 Å². The minimum Gasteiger partial charge on any atom is -0.269 e. The molecule has 130 valence electrons. The molecule has 8 heteroatoms. The van der Waals surface area contributed by atoms with Crippen molar-refractivity contribution in [1.29, 1.82) is 0 Å². The van der Waals surface area contributed by atoms with Crippen LogP contribution in [0.2, 0.25) is 0 Å². The topological polar surface area (TPSA) is 92.1 Å². The molecule has 0 bridgehead atoms. The molecule has 0 unspecified atom stereocenters. The molecule has 0 radical (unpaired) electrons. The highest BCUT2D eigenvalue weighted by atomic mass is 16.2. The van der Waals surface area contributed by atoms with E-state index in [-0.39, 0.29) is 24.3 Å². The summed E-state index contributed by atoms with van der Waals surface area (Å²) in [6, 6.07) is 4.11. The maximum Gasteiger partial charge on any atom is 0.334 e. The van der Waals surface area contributed by atoms with Gasteiger partial charge in [0.15, 0.2) is 0 Å². The number of amides is 4. The first-order chi connectivity index (χ1) is 11.9. The molecular formula is C17H18N4O4. The lowest BCUT2D eigenvalue weighted by atomic mass is 10.3. The molecule has 1 aliphatic rings. The highest BCUT2D eigenvalue weighted by Crippen LogP contribution is 2.16. The van der Waals surface area contributed by atoms with Crippen LogP contribution in [0, 0.1) is 6.92 Å². The van der Waals surface area contributed by atoms with Crippen LogP contribution in [-0.2, 0) is 16.1 Å². The molecule has 1 fully saturated rings. The minimum absolute atomic E-state index is 0.203. The number of pyridine rings is 1. The molecule has 0 aromatic carbocycles. The van der Waals surface area contributed by atoms with E-state index in [1.165, 1.54) is 10.5 Å². The van der Waals surface area contributed by atoms with Crippen LogP contribution in [0.25, 0.3) is 5.65 Å². The summed E-state index contributed by atoms with van der Waals surface area (Å²) >= 11 is 0. The Balaban J connectivity index is 1.89. The minimum atomic E-state index is -0.882. The first-order valence-corrected chi connectivity index (χ1v) is 8.08. The number of imide groups is 2. The van der Waals surface area contributed by atoms with Crippen LogP contribution in [0.15, 0.2) is 29.2 Å². The van der Waals surface area contributed by atoms with Crippen LogP contribution in [0.1, 0.15) is 31.0 Å². The standard InChI is InChI=1S/C17H18N4O4/c1-3-4-7-19-15(23)16(24)21(17(19)25)10-12-8-14(22)20-9-11(2)5-6-13(20)18-12/h5-6,8-9H,3-4,7,10H2,1-2H3. The van der Waals surface area contributed by atoms with Crippen molar-refractivity contribution in [3.63, 3.8) is 0 Å². The van der Waals surface area contributed by atoms with Gasteiger partial charge in [-0.3, -0.25) is 23.7 Å². The van der Waals surface area contributed by atoms with Gasteiger partial charge in [-0.1, -0.05) is 19.4 Å². The molecular weight excluding hydrogens is 324 g/mol. The second-order valence-corrected chi connectivity index (χ2v) is 6.00. The Labute approximate surface area is 143 Å². The molecule has 0 atom stereocenters. The monoisotopic (exact) mass is 342 g/mol. The molecule has 3 heterocycles. The van der Waals surface area contributed by atoms with Crippen LogP contribution < -0.4 is 5.56 Å². The Morgan fingerprint density at radius 1 is 1.04 bits per heavy atom. The van der Waals surface area contributed by atoms with Crippen molar-refractivity contribution in [2.75, 3.05) is 6.54 Å². The molecule has 2 aromatic rings. The molecule has 1 aliphatic heterocycles. The summed E-state index contributed by atoms with van der Waals surface area (Å²) in [5.41, 5.74) is 1.28. The first kappa shape index (κ1) is 16.8. The van der Waals surface area contributed by atoms with Gasteiger partial charge in [-0.2, -0.15) is 0 Å². The van der Waals surface area contributed by atoms with E-state index < -0.39 is 17.8 Å². The Morgan fingerprint density at radius 2 is 1.76 bits per heavy atom. The van der Waals surface area contributed by atoms with Gasteiger partial charge < -0.3 is 0 Å². The van der Waals surface area contributed by atoms with Gasteiger partial charge in [0.05, 0.1) is 12.2 Å². The van der Waals surface area contributed by atoms with Crippen LogP contribution in [0.5, 0.6) is 0 Å². The van der Waals surface area contributed by atoms with Crippen LogP contribution in [0.3, 0.4) is 0 Å². The van der Waals surface area contributed by atoms with E-state index in [0.717, 1.165) is 21.8 Å². The lowest BCUT2D eigenvalue weighted by Gasteiger charge is -2.15. The third kappa shape index (κ3) is 3.02. The van der Waals surface area contributed by atoms with Crippen molar-refractivity contribution >= 4 is 23.5 Å². The number of hydrogen-bond acceptors (Lipinski definition) is 5. The van der Waals surface area contributed by atoms with E-state index in [1.807, 2.05) is 19.9 Å². The number of nitrogens with zero attached hydrogens (tertiary/aromatic N) is 4. The van der Waals surface area contributed by atoms with Crippen molar-refractivity contribution in [2.24, 2.45) is 0 Å². The number of rotatable bonds is 5. The number of carbonyl (C=O) groups is 3. The summed E-state index contributed by atoms with van der Waals surface area (Å²) in [6.45, 7) is 3.80. The van der Waals surface area contributed by atoms with E-state index in [2.05, 4.69) is 4.98 Å². The normalized spacial score (nSPS) is 14.9. The van der Waals surface area contributed by atoms with Crippen molar-refractivity contribution in [3.05, 3.63) is 46.0 Å². The summed E-state index contributed by atoms with van der Waals surface area (Å²) < 4.78 is 1.39. The predicted molar refractivity (Wildman–Crippen MR) is 88.8 cm³/mol. The lowest BCUT2D eigenvalue weighted by Crippen LogP contribution is -2.34. The Kier molecular flexibility index (Phi) is 4.35. The maximum absolute atomic E-state index is 12.3. The summed E-state index contributed by atoms with van der Waals surface area (Å²) in [5, 5.41) is 0. The smallest absolute Gasteiger partial charge is 0.269 e. The Bertz CT molecular complexity index is 934. The third-order valence-corrected chi connectivity index (χ3v) is 4.05. The van der Waals surface area contributed by atoms with Crippen LogP contribution in [-0.4, -0.2) is 43.6 Å². The van der Waals surface area contributed by atoms with Crippen LogP contribution in [0.4, 0.5) is 4.79 Å². The van der Waals surface area contributed by atoms with Gasteiger partial charge in [0, 0.05) is 18.8 Å². The van der Waals surface area contributed by atoms with Gasteiger partial charge >= 0.3 is 17.8 Å². The largest absolute Gasteiger partial charge is 0.334 e. The molecule has 1 saturated heterocycles. The second-order valence-electron chi connectivity index (χ2n) is 6.00. The van der Waals surface area contributed by atoms with Gasteiger partial charge in [-0.05, 0) is 25.0 Å². The molecule has 0 N–H and O–H groups in total. The van der Waals surface area contributed by atoms with Crippen LogP contribution >= 0.6 is 0 Å². The molecule has 0 aliphatic carbocycles. The zero-order chi connectivity index (χ0) is 18.1. The SMILES string of the molecule is CCCCN1C(=O)C(=O)N(Cc2cc(=O)n3cc(C)ccc3n2)C1=O. The number of aromatic nitrogens is 2. The van der Waals surface area contributed by atoms with E-state index in [1.54, 1.807) is 12.3 Å². The number of unbranched alkanes of at least 4 members (excludes halogenated alkanes) is 1. The molecule has 3 rings (SSSR count). The summed E-state index contributed by atoms with van der Waals surface area (Å²) in [7, 11) is 0. The van der Waals surface area contributed by atoms with Gasteiger partial charge in [0.2, 0.25) is 0 Å². The lowest BCUT2D eigenvalue weighted by molar-refractivity contribution is -0.143. The molecule has 8 nitrogen and oxygen atoms in total. The van der Waals surface area contributed by atoms with Crippen molar-refractivity contribution in [2.45, 2.75) is 33.2 Å². The molecule has 2 aromatic heterocycles. The average molecular weight is 342 g/mol. The summed E-state index contributed by atoms with van der Waals surface area (Å²) in [4.78, 5) is 54.7. The fourth-order valence-corrected chi connectivity index (χ4v) is 2.70. The number of carbonyl (C=O) groups excluding carboxylic acids is 3. The third-order valence-electron chi connectivity index (χ3n) is 4.05. The second kappa shape index (κ2) is 6.46. The summed E-state index contributed by atoms with van der Waals surface area (Å²) in [5.74, 6) is -1.71. The number of aryl methyl sites for hydroxylation is 1. The fourth-order valence-electron chi connectivity index (χ4n) is 2.70. The first-order valence-electron chi connectivity index (χ1n) is 8.08. The fraction of sp³-hybridized carbons (Fsp3) is 0.353. The highest BCUT2D eigenvalue weighted by molar-refractivity contribution is 6.44. The van der Waals surface area contributed by atoms with Gasteiger partial charge in [0.1, 0.15) is 5.65 Å². The number of fused-ring (bicyclic) bond motifs is 1. The van der Waals surface area contributed by atoms with E-state index in [0.29, 0.717) is 12.1 Å². The molecule has 25 heavy (non-hydrogen) atoms. The Morgan fingerprint density at radius 3 is 2.48 bits per heavy atom. The maximum atomic E-state index is 12.3. The summed E-state index contributed by atoms with van der Waals surface area (Å²) in [6.07, 6.45) is 3.10. The molecule has 0 saturated carbocycles. The van der Waals surface area contributed by atoms with Gasteiger partial charge in [-0.15, -0.1) is 0 Å². The van der Waals surface area contributed by atoms with Gasteiger partial charge in [-0.25, -0.2) is 14.7 Å². The average Bonchev–Trinajstić information content (AvgIpc) is 2.78. The zero-order valence-corrected chi connectivity index (χ0v) is 14.1. The van der Waals surface area contributed by atoms with E-state index in [9.17, 15) is 19.2 Å². The van der Waals surface area contributed by atoms with Gasteiger partial charge in [0.25, 0.3) is 5.56 Å². The van der Waals surface area contributed by atoms with Crippen molar-refractivity contribution in [1.82, 2.24) is 19.2 Å². The molecule has 4 amide bonds. The molecule has 0 spiro atoms. The quantitative estimate of drug-likeness (QED) is 0.599. The Hall–Kier alpha value is -3.03. The highest BCUT2D eigenvalue weighted by Gasteiger charge is 2.44. The van der Waals surface area contributed by atoms with E-state index in [4.69, 9.17) is 0 Å². The van der Waals surface area contributed by atoms with Crippen molar-refractivity contribution in [3.8, 4) is 0 Å². The number of hydrogen-bond donors (Lipinski definition) is 0. The number of urea groups is 1.